The van der Waals surface area contributed by atoms with Gasteiger partial charge in [0.05, 0.1) is 11.0 Å². The molecule has 3 aromatic rings. The van der Waals surface area contributed by atoms with Crippen molar-refractivity contribution in [2.24, 2.45) is 0 Å². The lowest BCUT2D eigenvalue weighted by Crippen LogP contribution is -2.28. The molecule has 0 unspecified atom stereocenters. The molecule has 7 nitrogen and oxygen atoms in total. The highest BCUT2D eigenvalue weighted by atomic mass is 35.5. The number of nitrogens with zero attached hydrogens (tertiary/aromatic N) is 3. The average Bonchev–Trinajstić information content (AvgIpc) is 2.76. The topological polar surface area (TPSA) is 91.0 Å². The first-order valence-corrected chi connectivity index (χ1v) is 9.23. The van der Waals surface area contributed by atoms with E-state index in [9.17, 15) is 9.59 Å². The lowest BCUT2D eigenvalue weighted by Gasteiger charge is -2.26. The Morgan fingerprint density at radius 2 is 2.21 bits per heavy atom. The van der Waals surface area contributed by atoms with Crippen molar-refractivity contribution in [1.82, 2.24) is 25.2 Å². The maximum absolute atomic E-state index is 11.8. The Morgan fingerprint density at radius 1 is 1.34 bits per heavy atom. The number of carbonyl (C=O) groups excluding carboxylic acids is 1. The predicted molar refractivity (Wildman–Crippen MR) is 113 cm³/mol. The SMILES string of the molecule is [2H]C1([2H])C=C(c2ccc(C(=O)NC)nc2)CC([2H])([2H])N1Cc1cnc2cc(Cl)c(=O)[nH]c2c1. The van der Waals surface area contributed by atoms with Gasteiger partial charge in [-0.1, -0.05) is 23.7 Å². The fourth-order valence-electron chi connectivity index (χ4n) is 2.94. The fraction of sp³-hybridized carbons (Fsp3) is 0.238. The van der Waals surface area contributed by atoms with E-state index in [1.54, 1.807) is 12.1 Å². The Morgan fingerprint density at radius 3 is 2.93 bits per heavy atom. The first kappa shape index (κ1) is 14.9. The Hall–Kier alpha value is -3.03. The summed E-state index contributed by atoms with van der Waals surface area (Å²) in [5.41, 5.74) is 2.18. The molecule has 0 saturated carbocycles. The molecule has 0 radical (unpaired) electrons. The molecule has 8 heteroatoms. The van der Waals surface area contributed by atoms with Gasteiger partial charge >= 0.3 is 0 Å². The van der Waals surface area contributed by atoms with Gasteiger partial charge in [-0.15, -0.1) is 0 Å². The van der Waals surface area contributed by atoms with Gasteiger partial charge < -0.3 is 10.3 Å². The summed E-state index contributed by atoms with van der Waals surface area (Å²) in [4.78, 5) is 35.6. The van der Waals surface area contributed by atoms with E-state index >= 15 is 0 Å². The van der Waals surface area contributed by atoms with Gasteiger partial charge in [0.25, 0.3) is 11.5 Å². The van der Waals surface area contributed by atoms with Crippen LogP contribution in [0.1, 0.15) is 33.5 Å². The Bertz CT molecular complexity index is 1320. The van der Waals surface area contributed by atoms with E-state index in [0.717, 1.165) is 4.90 Å². The van der Waals surface area contributed by atoms with Gasteiger partial charge in [0, 0.05) is 44.5 Å². The number of H-pyrrole nitrogens is 1. The second-order valence-electron chi connectivity index (χ2n) is 6.45. The lowest BCUT2D eigenvalue weighted by atomic mass is 10.0. The zero-order valence-corrected chi connectivity index (χ0v) is 16.2. The van der Waals surface area contributed by atoms with E-state index in [-0.39, 0.29) is 29.6 Å². The molecule has 4 heterocycles. The number of amides is 1. The minimum atomic E-state index is -2.13. The Kier molecular flexibility index (Phi) is 4.18. The minimum Gasteiger partial charge on any atom is -0.354 e. The van der Waals surface area contributed by atoms with Crippen LogP contribution in [0, 0.1) is 0 Å². The molecular weight excluding hydrogens is 390 g/mol. The number of halogens is 1. The number of pyridine rings is 3. The summed E-state index contributed by atoms with van der Waals surface area (Å²) in [5, 5.41) is 2.49. The molecule has 1 amide bonds. The van der Waals surface area contributed by atoms with E-state index in [0.29, 0.717) is 27.7 Å². The third kappa shape index (κ3) is 4.21. The molecule has 3 aromatic heterocycles. The van der Waals surface area contributed by atoms with Gasteiger partial charge in [0.15, 0.2) is 0 Å². The van der Waals surface area contributed by atoms with Crippen molar-refractivity contribution in [3.63, 3.8) is 0 Å². The van der Waals surface area contributed by atoms with Crippen LogP contribution in [0.3, 0.4) is 0 Å². The minimum absolute atomic E-state index is 0.0157. The molecule has 29 heavy (non-hydrogen) atoms. The number of carbonyl (C=O) groups is 1. The Balaban J connectivity index is 1.64. The summed E-state index contributed by atoms with van der Waals surface area (Å²) in [5.74, 6) is -0.344. The predicted octanol–water partition coefficient (Wildman–Crippen LogP) is 2.62. The van der Waals surface area contributed by atoms with Crippen molar-refractivity contribution >= 4 is 34.1 Å². The molecule has 0 bridgehead atoms. The van der Waals surface area contributed by atoms with Crippen LogP contribution >= 0.6 is 11.6 Å². The van der Waals surface area contributed by atoms with Crippen molar-refractivity contribution in [2.45, 2.75) is 13.0 Å². The fourth-order valence-corrected chi connectivity index (χ4v) is 3.09. The summed E-state index contributed by atoms with van der Waals surface area (Å²) >= 11 is 5.83. The zero-order chi connectivity index (χ0) is 24.0. The molecular formula is C21H20ClN5O2. The summed E-state index contributed by atoms with van der Waals surface area (Å²) in [6, 6.07) is 6.21. The molecule has 4 rings (SSSR count). The smallest absolute Gasteiger partial charge is 0.269 e. The van der Waals surface area contributed by atoms with Crippen LogP contribution in [0.5, 0.6) is 0 Å². The molecule has 0 spiro atoms. The quantitative estimate of drug-likeness (QED) is 0.686. The Labute approximate surface area is 178 Å². The van der Waals surface area contributed by atoms with E-state index in [1.807, 2.05) is 0 Å². The van der Waals surface area contributed by atoms with E-state index in [4.69, 9.17) is 17.1 Å². The molecule has 0 fully saturated rings. The summed E-state index contributed by atoms with van der Waals surface area (Å²) in [6.07, 6.45) is 4.22. The average molecular weight is 414 g/mol. The number of fused-ring (bicyclic) bond motifs is 1. The zero-order valence-electron chi connectivity index (χ0n) is 19.5. The largest absolute Gasteiger partial charge is 0.354 e. The second-order valence-corrected chi connectivity index (χ2v) is 6.86. The van der Waals surface area contributed by atoms with Gasteiger partial charge in [-0.2, -0.15) is 0 Å². The third-order valence-corrected chi connectivity index (χ3v) is 4.77. The maximum atomic E-state index is 11.8. The highest BCUT2D eigenvalue weighted by Crippen LogP contribution is 2.23. The number of aromatic nitrogens is 3. The number of hydrogen-bond donors (Lipinski definition) is 2. The van der Waals surface area contributed by atoms with E-state index < -0.39 is 18.6 Å². The third-order valence-electron chi connectivity index (χ3n) is 4.49. The van der Waals surface area contributed by atoms with E-state index in [2.05, 4.69) is 20.3 Å². The van der Waals surface area contributed by atoms with Crippen LogP contribution in [0.25, 0.3) is 16.6 Å². The van der Waals surface area contributed by atoms with Crippen LogP contribution in [0.15, 0.2) is 47.5 Å². The van der Waals surface area contributed by atoms with Gasteiger partial charge in [-0.3, -0.25) is 24.5 Å². The first-order valence-electron chi connectivity index (χ1n) is 10.9. The van der Waals surface area contributed by atoms with Crippen molar-refractivity contribution < 1.29 is 10.3 Å². The maximum Gasteiger partial charge on any atom is 0.269 e. The molecule has 148 valence electrons. The van der Waals surface area contributed by atoms with Crippen molar-refractivity contribution in [3.8, 4) is 0 Å². The van der Waals surface area contributed by atoms with Crippen molar-refractivity contribution in [1.29, 1.82) is 0 Å². The summed E-state index contributed by atoms with van der Waals surface area (Å²) < 4.78 is 34.2. The standard InChI is InChI=1S/C21H20ClN5O2/c1-23-21(29)17-3-2-15(11-25-17)14-4-6-27(7-5-14)12-13-8-19-18(24-10-13)9-16(22)20(28)26-19/h2-4,8-11H,5-7,12H2,1H3,(H,23,29)(H,26,28)/i6D2,7D2. The monoisotopic (exact) mass is 413 g/mol. The van der Waals surface area contributed by atoms with Gasteiger partial charge in [-0.25, -0.2) is 0 Å². The van der Waals surface area contributed by atoms with Crippen molar-refractivity contribution in [3.05, 3.63) is 74.9 Å². The van der Waals surface area contributed by atoms with Gasteiger partial charge in [0.1, 0.15) is 10.7 Å². The number of rotatable bonds is 4. The molecule has 1 aliphatic heterocycles. The second kappa shape index (κ2) is 8.14. The highest BCUT2D eigenvalue weighted by molar-refractivity contribution is 6.30. The molecule has 0 saturated heterocycles. The molecule has 0 atom stereocenters. The molecule has 0 aliphatic carbocycles. The first-order chi connectivity index (χ1) is 15.5. The van der Waals surface area contributed by atoms with Gasteiger partial charge in [0.2, 0.25) is 0 Å². The van der Waals surface area contributed by atoms with Crippen LogP contribution in [-0.2, 0) is 6.54 Å². The van der Waals surface area contributed by atoms with Crippen LogP contribution in [0.2, 0.25) is 5.02 Å². The highest BCUT2D eigenvalue weighted by Gasteiger charge is 2.15. The normalized spacial score (nSPS) is 20.1. The van der Waals surface area contributed by atoms with E-state index in [1.165, 1.54) is 37.7 Å². The molecule has 0 aromatic carbocycles. The number of nitrogens with one attached hydrogen (secondary N) is 2. The van der Waals surface area contributed by atoms with Crippen molar-refractivity contribution in [2.75, 3.05) is 20.0 Å². The number of hydrogen-bond acceptors (Lipinski definition) is 5. The van der Waals surface area contributed by atoms with Crippen LogP contribution in [0.4, 0.5) is 0 Å². The van der Waals surface area contributed by atoms with Crippen LogP contribution in [-0.4, -0.2) is 45.8 Å². The van der Waals surface area contributed by atoms with Gasteiger partial charge in [-0.05, 0) is 41.3 Å². The summed E-state index contributed by atoms with van der Waals surface area (Å²) in [6.45, 7) is -4.24. The number of aromatic amines is 1. The molecule has 2 N–H and O–H groups in total. The van der Waals surface area contributed by atoms with Crippen LogP contribution < -0.4 is 10.9 Å². The summed E-state index contributed by atoms with van der Waals surface area (Å²) in [7, 11) is 1.50. The molecule has 1 aliphatic rings. The lowest BCUT2D eigenvalue weighted by molar-refractivity contribution is 0.0958.